The van der Waals surface area contributed by atoms with Crippen molar-refractivity contribution >= 4 is 23.8 Å². The lowest BCUT2D eigenvalue weighted by atomic mass is 9.95. The number of amides is 2. The highest BCUT2D eigenvalue weighted by atomic mass is 32.2. The molecule has 1 saturated heterocycles. The molecular formula is C19H36N2O3S. The SMILES string of the molecule is CCSC(C(=O)N1CCC(CN(C)C(=O)OC(C)(C)C)CC1)C(C)C. The van der Waals surface area contributed by atoms with Crippen molar-refractivity contribution in [1.82, 2.24) is 9.80 Å². The van der Waals surface area contributed by atoms with E-state index in [4.69, 9.17) is 4.74 Å². The molecule has 0 saturated carbocycles. The lowest BCUT2D eigenvalue weighted by Gasteiger charge is -2.36. The monoisotopic (exact) mass is 372 g/mol. The third-order valence-electron chi connectivity index (χ3n) is 4.36. The summed E-state index contributed by atoms with van der Waals surface area (Å²) in [5, 5.41) is 0.0611. The summed E-state index contributed by atoms with van der Waals surface area (Å²) in [6.45, 7) is 14.2. The molecule has 146 valence electrons. The van der Waals surface area contributed by atoms with E-state index in [0.717, 1.165) is 31.7 Å². The van der Waals surface area contributed by atoms with Crippen LogP contribution in [0.15, 0.2) is 0 Å². The molecule has 1 fully saturated rings. The maximum atomic E-state index is 12.7. The minimum absolute atomic E-state index is 0.0611. The van der Waals surface area contributed by atoms with Gasteiger partial charge < -0.3 is 14.5 Å². The Kier molecular flexibility index (Phi) is 8.58. The van der Waals surface area contributed by atoms with E-state index >= 15 is 0 Å². The molecule has 1 heterocycles. The highest BCUT2D eigenvalue weighted by Crippen LogP contribution is 2.25. The van der Waals surface area contributed by atoms with Crippen LogP contribution in [-0.2, 0) is 9.53 Å². The molecule has 2 amide bonds. The molecule has 1 aliphatic heterocycles. The number of ether oxygens (including phenoxy) is 1. The van der Waals surface area contributed by atoms with Crippen LogP contribution in [0.2, 0.25) is 0 Å². The van der Waals surface area contributed by atoms with Crippen LogP contribution < -0.4 is 0 Å². The minimum Gasteiger partial charge on any atom is -0.444 e. The van der Waals surface area contributed by atoms with Crippen LogP contribution in [0.1, 0.15) is 54.4 Å². The van der Waals surface area contributed by atoms with Gasteiger partial charge in [-0.2, -0.15) is 0 Å². The Hall–Kier alpha value is -0.910. The Bertz CT molecular complexity index is 440. The summed E-state index contributed by atoms with van der Waals surface area (Å²) in [5.74, 6) is 2.03. The standard InChI is InChI=1S/C19H36N2O3S/c1-8-25-16(14(2)3)17(22)21-11-9-15(10-12-21)13-20(7)18(23)24-19(4,5)6/h14-16H,8-13H2,1-7H3. The summed E-state index contributed by atoms with van der Waals surface area (Å²) in [4.78, 5) is 28.5. The van der Waals surface area contributed by atoms with E-state index in [-0.39, 0.29) is 17.3 Å². The van der Waals surface area contributed by atoms with Gasteiger partial charge >= 0.3 is 6.09 Å². The zero-order valence-electron chi connectivity index (χ0n) is 17.0. The van der Waals surface area contributed by atoms with E-state index in [1.165, 1.54) is 0 Å². The van der Waals surface area contributed by atoms with E-state index < -0.39 is 5.60 Å². The molecular weight excluding hydrogens is 336 g/mol. The summed E-state index contributed by atoms with van der Waals surface area (Å²) in [6, 6.07) is 0. The number of hydrogen-bond acceptors (Lipinski definition) is 4. The Morgan fingerprint density at radius 2 is 1.80 bits per heavy atom. The fourth-order valence-electron chi connectivity index (χ4n) is 3.05. The Morgan fingerprint density at radius 3 is 2.24 bits per heavy atom. The van der Waals surface area contributed by atoms with Gasteiger partial charge in [0.1, 0.15) is 5.60 Å². The number of likely N-dealkylation sites (tertiary alicyclic amines) is 1. The van der Waals surface area contributed by atoms with Gasteiger partial charge in [0.2, 0.25) is 5.91 Å². The smallest absolute Gasteiger partial charge is 0.410 e. The largest absolute Gasteiger partial charge is 0.444 e. The van der Waals surface area contributed by atoms with Gasteiger partial charge in [0.15, 0.2) is 0 Å². The van der Waals surface area contributed by atoms with Crippen molar-refractivity contribution in [2.75, 3.05) is 32.4 Å². The quantitative estimate of drug-likeness (QED) is 0.710. The molecule has 25 heavy (non-hydrogen) atoms. The predicted octanol–water partition coefficient (Wildman–Crippen LogP) is 3.87. The second kappa shape index (κ2) is 9.70. The first kappa shape index (κ1) is 22.1. The van der Waals surface area contributed by atoms with E-state index in [9.17, 15) is 9.59 Å². The maximum Gasteiger partial charge on any atom is 0.410 e. The summed E-state index contributed by atoms with van der Waals surface area (Å²) in [6.07, 6.45) is 1.62. The van der Waals surface area contributed by atoms with Crippen molar-refractivity contribution < 1.29 is 14.3 Å². The van der Waals surface area contributed by atoms with E-state index in [2.05, 4.69) is 20.8 Å². The van der Waals surface area contributed by atoms with Crippen LogP contribution in [-0.4, -0.2) is 65.1 Å². The van der Waals surface area contributed by atoms with Gasteiger partial charge in [-0.1, -0.05) is 20.8 Å². The number of carbonyl (C=O) groups excluding carboxylic acids is 2. The van der Waals surface area contributed by atoms with Gasteiger partial charge in [-0.25, -0.2) is 4.79 Å². The van der Waals surface area contributed by atoms with Gasteiger partial charge in [0, 0.05) is 26.7 Å². The second-order valence-electron chi connectivity index (χ2n) is 8.25. The zero-order chi connectivity index (χ0) is 19.2. The number of nitrogens with zero attached hydrogens (tertiary/aromatic N) is 2. The van der Waals surface area contributed by atoms with Crippen LogP contribution in [0.5, 0.6) is 0 Å². The third-order valence-corrected chi connectivity index (χ3v) is 5.80. The van der Waals surface area contributed by atoms with Crippen LogP contribution >= 0.6 is 11.8 Å². The van der Waals surface area contributed by atoms with Gasteiger partial charge in [-0.3, -0.25) is 4.79 Å². The summed E-state index contributed by atoms with van der Waals surface area (Å²) >= 11 is 1.75. The van der Waals surface area contributed by atoms with E-state index in [0.29, 0.717) is 18.4 Å². The Labute approximate surface area is 157 Å². The highest BCUT2D eigenvalue weighted by Gasteiger charge is 2.31. The molecule has 0 aromatic carbocycles. The maximum absolute atomic E-state index is 12.7. The predicted molar refractivity (Wildman–Crippen MR) is 105 cm³/mol. The molecule has 0 radical (unpaired) electrons. The fourth-order valence-corrected chi connectivity index (χ4v) is 4.08. The van der Waals surface area contributed by atoms with Crippen molar-refractivity contribution in [3.63, 3.8) is 0 Å². The molecule has 0 aliphatic carbocycles. The van der Waals surface area contributed by atoms with Gasteiger partial charge in [-0.15, -0.1) is 11.8 Å². The molecule has 0 N–H and O–H groups in total. The molecule has 1 atom stereocenters. The number of rotatable bonds is 6. The van der Waals surface area contributed by atoms with Crippen molar-refractivity contribution in [2.45, 2.75) is 65.2 Å². The molecule has 6 heteroatoms. The molecule has 0 aromatic rings. The first-order chi connectivity index (χ1) is 11.5. The molecule has 1 rings (SSSR count). The van der Waals surface area contributed by atoms with E-state index in [1.807, 2.05) is 25.7 Å². The Morgan fingerprint density at radius 1 is 1.24 bits per heavy atom. The van der Waals surface area contributed by atoms with Crippen LogP contribution in [0.3, 0.4) is 0 Å². The summed E-state index contributed by atoms with van der Waals surface area (Å²) in [5.41, 5.74) is -0.468. The van der Waals surface area contributed by atoms with Crippen LogP contribution in [0.25, 0.3) is 0 Å². The molecule has 1 unspecified atom stereocenters. The van der Waals surface area contributed by atoms with Gasteiger partial charge in [0.05, 0.1) is 5.25 Å². The van der Waals surface area contributed by atoms with Crippen molar-refractivity contribution in [3.05, 3.63) is 0 Å². The van der Waals surface area contributed by atoms with E-state index in [1.54, 1.807) is 23.7 Å². The zero-order valence-corrected chi connectivity index (χ0v) is 17.8. The minimum atomic E-state index is -0.468. The highest BCUT2D eigenvalue weighted by molar-refractivity contribution is 8.00. The molecule has 5 nitrogen and oxygen atoms in total. The lowest BCUT2D eigenvalue weighted by Crippen LogP contribution is -2.46. The van der Waals surface area contributed by atoms with Crippen molar-refractivity contribution in [3.8, 4) is 0 Å². The molecule has 1 aliphatic rings. The summed E-state index contributed by atoms with van der Waals surface area (Å²) in [7, 11) is 1.79. The average molecular weight is 373 g/mol. The first-order valence-electron chi connectivity index (χ1n) is 9.39. The lowest BCUT2D eigenvalue weighted by molar-refractivity contribution is -0.132. The molecule has 0 aromatic heterocycles. The van der Waals surface area contributed by atoms with Gasteiger partial charge in [0.25, 0.3) is 0 Å². The topological polar surface area (TPSA) is 49.9 Å². The number of carbonyl (C=O) groups is 2. The second-order valence-corrected chi connectivity index (χ2v) is 9.67. The fraction of sp³-hybridized carbons (Fsp3) is 0.895. The number of thioether (sulfide) groups is 1. The Balaban J connectivity index is 2.47. The summed E-state index contributed by atoms with van der Waals surface area (Å²) < 4.78 is 5.40. The van der Waals surface area contributed by atoms with Crippen molar-refractivity contribution in [1.29, 1.82) is 0 Å². The first-order valence-corrected chi connectivity index (χ1v) is 10.4. The van der Waals surface area contributed by atoms with Crippen LogP contribution in [0, 0.1) is 11.8 Å². The number of piperidine rings is 1. The molecule has 0 bridgehead atoms. The normalized spacial score (nSPS) is 17.5. The number of hydrogen-bond donors (Lipinski definition) is 0. The van der Waals surface area contributed by atoms with Crippen LogP contribution in [0.4, 0.5) is 4.79 Å². The van der Waals surface area contributed by atoms with Crippen molar-refractivity contribution in [2.24, 2.45) is 11.8 Å². The molecule has 0 spiro atoms. The average Bonchev–Trinajstić information content (AvgIpc) is 2.50. The third kappa shape index (κ3) is 7.47. The van der Waals surface area contributed by atoms with Gasteiger partial charge in [-0.05, 0) is 51.2 Å².